The van der Waals surface area contributed by atoms with E-state index in [1.807, 2.05) is 6.92 Å². The Morgan fingerprint density at radius 3 is 2.85 bits per heavy atom. The Balaban J connectivity index is 2.17. The molecule has 2 aromatic rings. The van der Waals surface area contributed by atoms with Crippen LogP contribution < -0.4 is 5.73 Å². The predicted octanol–water partition coefficient (Wildman–Crippen LogP) is 1.26. The number of nitrogens with zero attached hydrogens (tertiary/aromatic N) is 2. The van der Waals surface area contributed by atoms with Crippen molar-refractivity contribution >= 4 is 20.9 Å². The zero-order chi connectivity index (χ0) is 14.3. The van der Waals surface area contributed by atoms with Gasteiger partial charge in [0, 0.05) is 30.7 Å². The molecule has 1 aliphatic rings. The number of aromatic nitrogens is 1. The van der Waals surface area contributed by atoms with Gasteiger partial charge in [0.25, 0.3) is 0 Å². The standard InChI is InChI=1S/C14H17N3O2S/c1-10-4-5-13(12-3-2-7-16-14(10)12)20(18,19)17-8-6-11(15)9-17/h2-5,7,11H,6,8-9,15H2,1H3. The number of benzene rings is 1. The van der Waals surface area contributed by atoms with Crippen LogP contribution >= 0.6 is 0 Å². The summed E-state index contributed by atoms with van der Waals surface area (Å²) in [6.07, 6.45) is 2.39. The monoisotopic (exact) mass is 291 g/mol. The molecule has 1 saturated heterocycles. The first-order valence-corrected chi connectivity index (χ1v) is 8.04. The average molecular weight is 291 g/mol. The normalized spacial score (nSPS) is 20.6. The van der Waals surface area contributed by atoms with Gasteiger partial charge in [0.1, 0.15) is 0 Å². The highest BCUT2D eigenvalue weighted by atomic mass is 32.2. The predicted molar refractivity (Wildman–Crippen MR) is 77.8 cm³/mol. The zero-order valence-electron chi connectivity index (χ0n) is 11.3. The first-order chi connectivity index (χ1) is 9.50. The van der Waals surface area contributed by atoms with Crippen LogP contribution in [0.1, 0.15) is 12.0 Å². The van der Waals surface area contributed by atoms with Crippen LogP contribution in [0, 0.1) is 6.92 Å². The highest BCUT2D eigenvalue weighted by Gasteiger charge is 2.32. The minimum atomic E-state index is -3.50. The minimum Gasteiger partial charge on any atom is -0.326 e. The van der Waals surface area contributed by atoms with Gasteiger partial charge < -0.3 is 5.73 Å². The maximum Gasteiger partial charge on any atom is 0.243 e. The number of rotatable bonds is 2. The summed E-state index contributed by atoms with van der Waals surface area (Å²) < 4.78 is 27.0. The molecule has 1 aromatic heterocycles. The van der Waals surface area contributed by atoms with Crippen LogP contribution in [-0.4, -0.2) is 36.8 Å². The van der Waals surface area contributed by atoms with Crippen molar-refractivity contribution < 1.29 is 8.42 Å². The number of fused-ring (bicyclic) bond motifs is 1. The number of hydrogen-bond acceptors (Lipinski definition) is 4. The van der Waals surface area contributed by atoms with Crippen LogP contribution in [0.4, 0.5) is 0 Å². The van der Waals surface area contributed by atoms with Gasteiger partial charge in [0.15, 0.2) is 0 Å². The first kappa shape index (κ1) is 13.5. The second kappa shape index (κ2) is 4.80. The molecule has 2 N–H and O–H groups in total. The summed E-state index contributed by atoms with van der Waals surface area (Å²) in [5.41, 5.74) is 7.52. The van der Waals surface area contributed by atoms with Crippen LogP contribution in [0.2, 0.25) is 0 Å². The van der Waals surface area contributed by atoms with E-state index < -0.39 is 10.0 Å². The maximum atomic E-state index is 12.7. The number of nitrogens with two attached hydrogens (primary N) is 1. The van der Waals surface area contributed by atoms with E-state index in [1.54, 1.807) is 30.5 Å². The van der Waals surface area contributed by atoms with Crippen LogP contribution in [0.5, 0.6) is 0 Å². The molecule has 0 radical (unpaired) electrons. The molecular formula is C14H17N3O2S. The lowest BCUT2D eigenvalue weighted by Gasteiger charge is -2.17. The summed E-state index contributed by atoms with van der Waals surface area (Å²) >= 11 is 0. The molecule has 1 aromatic carbocycles. The summed E-state index contributed by atoms with van der Waals surface area (Å²) in [5.74, 6) is 0. The molecule has 0 spiro atoms. The van der Waals surface area contributed by atoms with Gasteiger partial charge in [-0.1, -0.05) is 6.07 Å². The fourth-order valence-electron chi connectivity index (χ4n) is 2.62. The molecule has 0 saturated carbocycles. The van der Waals surface area contributed by atoms with Crippen molar-refractivity contribution in [3.05, 3.63) is 36.0 Å². The Labute approximate surface area is 118 Å². The van der Waals surface area contributed by atoms with Gasteiger partial charge in [-0.3, -0.25) is 4.98 Å². The molecule has 0 amide bonds. The second-order valence-electron chi connectivity index (χ2n) is 5.19. The number of sulfonamides is 1. The maximum absolute atomic E-state index is 12.7. The molecule has 0 aliphatic carbocycles. The highest BCUT2D eigenvalue weighted by molar-refractivity contribution is 7.89. The van der Waals surface area contributed by atoms with Crippen molar-refractivity contribution in [1.82, 2.24) is 9.29 Å². The molecule has 106 valence electrons. The third-order valence-electron chi connectivity index (χ3n) is 3.74. The molecule has 1 unspecified atom stereocenters. The lowest BCUT2D eigenvalue weighted by Crippen LogP contribution is -2.32. The van der Waals surface area contributed by atoms with E-state index >= 15 is 0 Å². The smallest absolute Gasteiger partial charge is 0.243 e. The minimum absolute atomic E-state index is 0.0698. The van der Waals surface area contributed by atoms with Gasteiger partial charge in [0.05, 0.1) is 10.4 Å². The second-order valence-corrected chi connectivity index (χ2v) is 7.10. The Kier molecular flexibility index (Phi) is 3.24. The molecule has 1 aliphatic heterocycles. The average Bonchev–Trinajstić information content (AvgIpc) is 2.87. The lowest BCUT2D eigenvalue weighted by atomic mass is 10.1. The van der Waals surface area contributed by atoms with E-state index in [0.29, 0.717) is 29.8 Å². The van der Waals surface area contributed by atoms with Crippen molar-refractivity contribution in [3.8, 4) is 0 Å². The van der Waals surface area contributed by atoms with E-state index in [0.717, 1.165) is 11.1 Å². The van der Waals surface area contributed by atoms with Gasteiger partial charge in [-0.25, -0.2) is 8.42 Å². The molecule has 5 nitrogen and oxygen atoms in total. The molecule has 1 atom stereocenters. The zero-order valence-corrected chi connectivity index (χ0v) is 12.1. The molecule has 2 heterocycles. The molecule has 20 heavy (non-hydrogen) atoms. The summed E-state index contributed by atoms with van der Waals surface area (Å²) in [6, 6.07) is 6.96. The van der Waals surface area contributed by atoms with E-state index in [9.17, 15) is 8.42 Å². The molecule has 6 heteroatoms. The van der Waals surface area contributed by atoms with E-state index in [1.165, 1.54) is 4.31 Å². The summed E-state index contributed by atoms with van der Waals surface area (Å²) in [7, 11) is -3.50. The SMILES string of the molecule is Cc1ccc(S(=O)(=O)N2CCC(N)C2)c2cccnc12. The van der Waals surface area contributed by atoms with Gasteiger partial charge in [-0.05, 0) is 37.1 Å². The van der Waals surface area contributed by atoms with Gasteiger partial charge in [-0.2, -0.15) is 4.31 Å². The van der Waals surface area contributed by atoms with Crippen molar-refractivity contribution in [1.29, 1.82) is 0 Å². The van der Waals surface area contributed by atoms with Crippen LogP contribution in [0.15, 0.2) is 35.4 Å². The number of aryl methyl sites for hydroxylation is 1. The third kappa shape index (κ3) is 2.09. The highest BCUT2D eigenvalue weighted by Crippen LogP contribution is 2.28. The molecular weight excluding hydrogens is 274 g/mol. The topological polar surface area (TPSA) is 76.3 Å². The Morgan fingerprint density at radius 2 is 2.15 bits per heavy atom. The summed E-state index contributed by atoms with van der Waals surface area (Å²) in [6.45, 7) is 2.80. The van der Waals surface area contributed by atoms with Crippen molar-refractivity contribution in [2.75, 3.05) is 13.1 Å². The molecule has 1 fully saturated rings. The van der Waals surface area contributed by atoms with Crippen molar-refractivity contribution in [3.63, 3.8) is 0 Å². The van der Waals surface area contributed by atoms with Gasteiger partial charge in [0.2, 0.25) is 10.0 Å². The van der Waals surface area contributed by atoms with Crippen LogP contribution in [-0.2, 0) is 10.0 Å². The van der Waals surface area contributed by atoms with Crippen molar-refractivity contribution in [2.45, 2.75) is 24.3 Å². The first-order valence-electron chi connectivity index (χ1n) is 6.60. The fraction of sp³-hybridized carbons (Fsp3) is 0.357. The van der Waals surface area contributed by atoms with Crippen molar-refractivity contribution in [2.24, 2.45) is 5.73 Å². The lowest BCUT2D eigenvalue weighted by molar-refractivity contribution is 0.473. The molecule has 3 rings (SSSR count). The number of hydrogen-bond donors (Lipinski definition) is 1. The molecule has 0 bridgehead atoms. The Morgan fingerprint density at radius 1 is 1.35 bits per heavy atom. The largest absolute Gasteiger partial charge is 0.326 e. The van der Waals surface area contributed by atoms with Gasteiger partial charge in [-0.15, -0.1) is 0 Å². The van der Waals surface area contributed by atoms with Crippen LogP contribution in [0.3, 0.4) is 0 Å². The Hall–Kier alpha value is -1.50. The third-order valence-corrected chi connectivity index (χ3v) is 5.66. The van der Waals surface area contributed by atoms with Crippen LogP contribution in [0.25, 0.3) is 10.9 Å². The van der Waals surface area contributed by atoms with E-state index in [-0.39, 0.29) is 6.04 Å². The quantitative estimate of drug-likeness (QED) is 0.904. The van der Waals surface area contributed by atoms with E-state index in [4.69, 9.17) is 5.73 Å². The summed E-state index contributed by atoms with van der Waals surface area (Å²) in [4.78, 5) is 4.61. The number of pyridine rings is 1. The fourth-order valence-corrected chi connectivity index (χ4v) is 4.32. The Bertz CT molecular complexity index is 758. The van der Waals surface area contributed by atoms with Gasteiger partial charge >= 0.3 is 0 Å². The van der Waals surface area contributed by atoms with E-state index in [2.05, 4.69) is 4.98 Å². The summed E-state index contributed by atoms with van der Waals surface area (Å²) in [5, 5.41) is 0.674.